The highest BCUT2D eigenvalue weighted by atomic mass is 16.6. The fraction of sp³-hybridized carbons (Fsp3) is 0.550. The van der Waals surface area contributed by atoms with E-state index in [0.29, 0.717) is 32.8 Å². The van der Waals surface area contributed by atoms with Gasteiger partial charge >= 0.3 is 6.09 Å². The van der Waals surface area contributed by atoms with Crippen LogP contribution in [-0.2, 0) is 26.2 Å². The molecule has 1 saturated heterocycles. The molecular weight excluding hydrogens is 346 g/mol. The lowest BCUT2D eigenvalue weighted by atomic mass is 9.85. The van der Waals surface area contributed by atoms with Gasteiger partial charge in [0.1, 0.15) is 0 Å². The number of hydrogen-bond donors (Lipinski definition) is 1. The van der Waals surface area contributed by atoms with Gasteiger partial charge in [0.15, 0.2) is 0 Å². The largest absolute Gasteiger partial charge is 0.450 e. The van der Waals surface area contributed by atoms with Crippen LogP contribution in [0.4, 0.5) is 10.5 Å². The zero-order valence-corrected chi connectivity index (χ0v) is 16.2. The number of fused-ring (bicyclic) bond motifs is 1. The van der Waals surface area contributed by atoms with Gasteiger partial charge in [-0.1, -0.05) is 12.1 Å². The van der Waals surface area contributed by atoms with E-state index in [0.717, 1.165) is 23.2 Å². The van der Waals surface area contributed by atoms with Crippen molar-refractivity contribution in [2.45, 2.75) is 39.0 Å². The van der Waals surface area contributed by atoms with Gasteiger partial charge in [0.2, 0.25) is 11.8 Å². The lowest BCUT2D eigenvalue weighted by molar-refractivity contribution is -0.130. The quantitative estimate of drug-likeness (QED) is 0.881. The highest BCUT2D eigenvalue weighted by Crippen LogP contribution is 2.37. The van der Waals surface area contributed by atoms with Crippen LogP contribution in [0.25, 0.3) is 0 Å². The number of carbonyl (C=O) groups excluding carboxylic acids is 3. The van der Waals surface area contributed by atoms with Gasteiger partial charge in [0.25, 0.3) is 0 Å². The summed E-state index contributed by atoms with van der Waals surface area (Å²) in [6.07, 6.45) is 0.710. The first-order valence-corrected chi connectivity index (χ1v) is 9.47. The molecule has 0 atom stereocenters. The topological polar surface area (TPSA) is 79.0 Å². The highest BCUT2D eigenvalue weighted by Gasteiger charge is 2.38. The molecule has 0 radical (unpaired) electrons. The molecule has 0 spiro atoms. The number of nitrogens with one attached hydrogen (secondary N) is 1. The number of ether oxygens (including phenoxy) is 1. The van der Waals surface area contributed by atoms with Crippen molar-refractivity contribution in [3.8, 4) is 0 Å². The van der Waals surface area contributed by atoms with E-state index in [-0.39, 0.29) is 24.3 Å². The molecule has 3 amide bonds. The summed E-state index contributed by atoms with van der Waals surface area (Å²) in [7, 11) is 0. The van der Waals surface area contributed by atoms with Crippen LogP contribution >= 0.6 is 0 Å². The number of benzene rings is 1. The number of anilines is 1. The van der Waals surface area contributed by atoms with Crippen molar-refractivity contribution in [2.24, 2.45) is 0 Å². The lowest BCUT2D eigenvalue weighted by Gasteiger charge is -2.22. The summed E-state index contributed by atoms with van der Waals surface area (Å²) >= 11 is 0. The molecule has 1 N–H and O–H groups in total. The maximum absolute atomic E-state index is 12.8. The van der Waals surface area contributed by atoms with Gasteiger partial charge in [-0.3, -0.25) is 9.59 Å². The van der Waals surface area contributed by atoms with Crippen LogP contribution in [0.2, 0.25) is 0 Å². The average Bonchev–Trinajstić information content (AvgIpc) is 2.81. The Balaban J connectivity index is 1.64. The van der Waals surface area contributed by atoms with Crippen LogP contribution in [0.5, 0.6) is 0 Å². The SMILES string of the molecule is CCOC(=O)N1CCCN(C(=O)Cc2ccc3c(c2)C(C)(C)C(=O)N3)CC1. The highest BCUT2D eigenvalue weighted by molar-refractivity contribution is 6.05. The number of carbonyl (C=O) groups is 3. The lowest BCUT2D eigenvalue weighted by Crippen LogP contribution is -2.38. The summed E-state index contributed by atoms with van der Waals surface area (Å²) in [5.41, 5.74) is 2.06. The first-order chi connectivity index (χ1) is 12.8. The standard InChI is InChI=1S/C20H27N3O4/c1-4-27-19(26)23-9-5-8-22(10-11-23)17(24)13-14-6-7-16-15(12-14)20(2,3)18(25)21-16/h6-7,12H,4-5,8-11,13H2,1-3H3,(H,21,25). The van der Waals surface area contributed by atoms with E-state index in [2.05, 4.69) is 5.32 Å². The molecule has 2 aliphatic heterocycles. The van der Waals surface area contributed by atoms with Gasteiger partial charge in [0, 0.05) is 31.9 Å². The molecule has 0 bridgehead atoms. The molecule has 1 aromatic rings. The monoisotopic (exact) mass is 373 g/mol. The summed E-state index contributed by atoms with van der Waals surface area (Å²) in [5.74, 6) is 0.0169. The minimum atomic E-state index is -0.586. The zero-order chi connectivity index (χ0) is 19.6. The third-order valence-corrected chi connectivity index (χ3v) is 5.30. The molecule has 1 fully saturated rings. The summed E-state index contributed by atoms with van der Waals surface area (Å²) in [4.78, 5) is 40.2. The number of hydrogen-bond acceptors (Lipinski definition) is 4. The Hall–Kier alpha value is -2.57. The molecule has 27 heavy (non-hydrogen) atoms. The van der Waals surface area contributed by atoms with Crippen LogP contribution in [0, 0.1) is 0 Å². The van der Waals surface area contributed by atoms with Gasteiger partial charge in [0.05, 0.1) is 18.4 Å². The molecule has 2 heterocycles. The van der Waals surface area contributed by atoms with Crippen molar-refractivity contribution in [1.82, 2.24) is 9.80 Å². The normalized spacial score (nSPS) is 18.6. The Morgan fingerprint density at radius 1 is 1.15 bits per heavy atom. The first-order valence-electron chi connectivity index (χ1n) is 9.47. The summed E-state index contributed by atoms with van der Waals surface area (Å²) in [6.45, 7) is 8.14. The number of amides is 3. The second-order valence-electron chi connectivity index (χ2n) is 7.56. The van der Waals surface area contributed by atoms with Gasteiger partial charge in [-0.2, -0.15) is 0 Å². The number of nitrogens with zero attached hydrogens (tertiary/aromatic N) is 2. The maximum Gasteiger partial charge on any atom is 0.409 e. The zero-order valence-electron chi connectivity index (χ0n) is 16.2. The van der Waals surface area contributed by atoms with Gasteiger partial charge < -0.3 is 19.9 Å². The minimum absolute atomic E-state index is 0.0208. The molecule has 0 aliphatic carbocycles. The predicted octanol–water partition coefficient (Wildman–Crippen LogP) is 2.15. The van der Waals surface area contributed by atoms with E-state index in [9.17, 15) is 14.4 Å². The maximum atomic E-state index is 12.8. The Bertz CT molecular complexity index is 760. The van der Waals surface area contributed by atoms with Gasteiger partial charge in [-0.15, -0.1) is 0 Å². The van der Waals surface area contributed by atoms with Crippen molar-refractivity contribution in [1.29, 1.82) is 0 Å². The van der Waals surface area contributed by atoms with Crippen molar-refractivity contribution >= 4 is 23.6 Å². The van der Waals surface area contributed by atoms with E-state index < -0.39 is 5.41 Å². The van der Waals surface area contributed by atoms with E-state index >= 15 is 0 Å². The van der Waals surface area contributed by atoms with Crippen molar-refractivity contribution in [3.05, 3.63) is 29.3 Å². The molecule has 0 aromatic heterocycles. The van der Waals surface area contributed by atoms with Crippen LogP contribution in [0.15, 0.2) is 18.2 Å². The third kappa shape index (κ3) is 3.91. The molecular formula is C20H27N3O4. The van der Waals surface area contributed by atoms with Crippen LogP contribution in [0.3, 0.4) is 0 Å². The predicted molar refractivity (Wildman–Crippen MR) is 102 cm³/mol. The van der Waals surface area contributed by atoms with Crippen molar-refractivity contribution in [3.63, 3.8) is 0 Å². The van der Waals surface area contributed by atoms with Crippen molar-refractivity contribution in [2.75, 3.05) is 38.1 Å². The Kier molecular flexibility index (Phi) is 5.39. The van der Waals surface area contributed by atoms with E-state index in [1.54, 1.807) is 16.7 Å². The molecule has 1 aromatic carbocycles. The first kappa shape index (κ1) is 19.2. The van der Waals surface area contributed by atoms with Crippen molar-refractivity contribution < 1.29 is 19.1 Å². The molecule has 7 heteroatoms. The Morgan fingerprint density at radius 3 is 2.59 bits per heavy atom. The minimum Gasteiger partial charge on any atom is -0.450 e. The van der Waals surface area contributed by atoms with Gasteiger partial charge in [-0.25, -0.2) is 4.79 Å². The molecule has 0 saturated carbocycles. The van der Waals surface area contributed by atoms with E-state index in [4.69, 9.17) is 4.74 Å². The van der Waals surface area contributed by atoms with Crippen LogP contribution in [-0.4, -0.2) is 60.5 Å². The summed E-state index contributed by atoms with van der Waals surface area (Å²) < 4.78 is 5.05. The smallest absolute Gasteiger partial charge is 0.409 e. The molecule has 2 aliphatic rings. The second-order valence-corrected chi connectivity index (χ2v) is 7.56. The third-order valence-electron chi connectivity index (χ3n) is 5.30. The summed E-state index contributed by atoms with van der Waals surface area (Å²) in [6, 6.07) is 5.71. The Morgan fingerprint density at radius 2 is 1.85 bits per heavy atom. The van der Waals surface area contributed by atoms with Crippen LogP contribution < -0.4 is 5.32 Å². The van der Waals surface area contributed by atoms with E-state index in [1.807, 2.05) is 32.0 Å². The van der Waals surface area contributed by atoms with Crippen LogP contribution in [0.1, 0.15) is 38.3 Å². The van der Waals surface area contributed by atoms with E-state index in [1.165, 1.54) is 0 Å². The fourth-order valence-corrected chi connectivity index (χ4v) is 3.58. The number of rotatable bonds is 3. The Labute approximate surface area is 159 Å². The fourth-order valence-electron chi connectivity index (χ4n) is 3.58. The average molecular weight is 373 g/mol. The van der Waals surface area contributed by atoms with Gasteiger partial charge in [-0.05, 0) is 44.4 Å². The second kappa shape index (κ2) is 7.58. The molecule has 3 rings (SSSR count). The molecule has 0 unspecified atom stereocenters. The molecule has 7 nitrogen and oxygen atoms in total. The summed E-state index contributed by atoms with van der Waals surface area (Å²) in [5, 5.41) is 2.88. The molecule has 146 valence electrons.